The Balaban J connectivity index is 0.00000324. The van der Waals surface area contributed by atoms with Crippen molar-refractivity contribution in [3.63, 3.8) is 0 Å². The molecule has 0 heterocycles. The molecule has 0 aliphatic rings. The van der Waals surface area contributed by atoms with Crippen molar-refractivity contribution < 1.29 is 9.59 Å². The van der Waals surface area contributed by atoms with E-state index >= 15 is 0 Å². The molecule has 106 valence electrons. The Labute approximate surface area is 123 Å². The molecule has 7 heteroatoms. The average Bonchev–Trinajstić information content (AvgIpc) is 2.36. The van der Waals surface area contributed by atoms with Gasteiger partial charge in [-0.3, -0.25) is 9.59 Å². The van der Waals surface area contributed by atoms with Crippen LogP contribution >= 0.6 is 24.0 Å². The molecule has 1 unspecified atom stereocenters. The lowest BCUT2D eigenvalue weighted by atomic mass is 10.2. The molecule has 0 fully saturated rings. The molecule has 4 N–H and O–H groups in total. The number of nitrogens with one attached hydrogen (secondary N) is 2. The number of carbonyl (C=O) groups excluding carboxylic acids is 2. The van der Waals surface area contributed by atoms with Gasteiger partial charge in [0, 0.05) is 23.7 Å². The number of benzene rings is 1. The number of nitrogens with two attached hydrogens (primary N) is 1. The van der Waals surface area contributed by atoms with Crippen molar-refractivity contribution >= 4 is 35.8 Å². The lowest BCUT2D eigenvalue weighted by molar-refractivity contribution is -0.122. The maximum absolute atomic E-state index is 11.8. The van der Waals surface area contributed by atoms with E-state index in [0.717, 1.165) is 0 Å². The Hall–Kier alpha value is -1.30. The highest BCUT2D eigenvalue weighted by Gasteiger charge is 2.15. The topological polar surface area (TPSA) is 84.2 Å². The van der Waals surface area contributed by atoms with Crippen LogP contribution in [0.5, 0.6) is 0 Å². The van der Waals surface area contributed by atoms with Crippen LogP contribution in [0.2, 0.25) is 5.02 Å². The van der Waals surface area contributed by atoms with Crippen molar-refractivity contribution in [1.82, 2.24) is 10.6 Å². The summed E-state index contributed by atoms with van der Waals surface area (Å²) in [5.41, 5.74) is 5.73. The molecule has 0 radical (unpaired) electrons. The number of hydrogen-bond donors (Lipinski definition) is 3. The number of halogens is 2. The smallest absolute Gasteiger partial charge is 0.251 e. The van der Waals surface area contributed by atoms with E-state index in [2.05, 4.69) is 10.6 Å². The van der Waals surface area contributed by atoms with E-state index in [-0.39, 0.29) is 24.2 Å². The van der Waals surface area contributed by atoms with Gasteiger partial charge in [-0.25, -0.2) is 0 Å². The standard InChI is InChI=1S/C12H16ClN3O2.ClH/c1-8(11(17)15-7-6-14)16-12(18)9-2-4-10(13)5-3-9;/h2-5,8H,6-7,14H2,1H3,(H,15,17)(H,16,18);1H. The van der Waals surface area contributed by atoms with E-state index in [0.29, 0.717) is 23.7 Å². The summed E-state index contributed by atoms with van der Waals surface area (Å²) in [6.07, 6.45) is 0. The third kappa shape index (κ3) is 5.92. The van der Waals surface area contributed by atoms with E-state index in [1.807, 2.05) is 0 Å². The maximum atomic E-state index is 11.8. The normalized spacial score (nSPS) is 11.1. The Bertz CT molecular complexity index is 423. The molecular weight excluding hydrogens is 289 g/mol. The molecule has 0 bridgehead atoms. The van der Waals surface area contributed by atoms with Crippen LogP contribution in [-0.4, -0.2) is 30.9 Å². The molecule has 0 aliphatic heterocycles. The summed E-state index contributed by atoms with van der Waals surface area (Å²) in [5, 5.41) is 5.74. The van der Waals surface area contributed by atoms with Crippen LogP contribution in [0.25, 0.3) is 0 Å². The van der Waals surface area contributed by atoms with Gasteiger partial charge < -0.3 is 16.4 Å². The maximum Gasteiger partial charge on any atom is 0.251 e. The highest BCUT2D eigenvalue weighted by molar-refractivity contribution is 6.30. The van der Waals surface area contributed by atoms with Gasteiger partial charge in [0.2, 0.25) is 5.91 Å². The predicted octanol–water partition coefficient (Wildman–Crippen LogP) is 0.955. The summed E-state index contributed by atoms with van der Waals surface area (Å²) in [4.78, 5) is 23.3. The van der Waals surface area contributed by atoms with Crippen LogP contribution in [0, 0.1) is 0 Å². The molecule has 0 aromatic heterocycles. The van der Waals surface area contributed by atoms with Crippen LogP contribution in [0.15, 0.2) is 24.3 Å². The minimum Gasteiger partial charge on any atom is -0.353 e. The Morgan fingerprint density at radius 2 is 1.89 bits per heavy atom. The lowest BCUT2D eigenvalue weighted by Crippen LogP contribution is -2.45. The van der Waals surface area contributed by atoms with E-state index in [9.17, 15) is 9.59 Å². The van der Waals surface area contributed by atoms with Crippen molar-refractivity contribution in [1.29, 1.82) is 0 Å². The fourth-order valence-electron chi connectivity index (χ4n) is 1.30. The van der Waals surface area contributed by atoms with Crippen LogP contribution in [0.3, 0.4) is 0 Å². The number of amides is 2. The summed E-state index contributed by atoms with van der Waals surface area (Å²) in [6.45, 7) is 2.36. The molecule has 1 aromatic carbocycles. The van der Waals surface area contributed by atoms with Crippen molar-refractivity contribution in [2.75, 3.05) is 13.1 Å². The van der Waals surface area contributed by atoms with Crippen molar-refractivity contribution in [3.05, 3.63) is 34.9 Å². The Morgan fingerprint density at radius 1 is 1.32 bits per heavy atom. The van der Waals surface area contributed by atoms with Crippen LogP contribution in [-0.2, 0) is 4.79 Å². The first-order valence-electron chi connectivity index (χ1n) is 5.59. The summed E-state index contributed by atoms with van der Waals surface area (Å²) in [6, 6.07) is 5.83. The molecular formula is C12H17Cl2N3O2. The summed E-state index contributed by atoms with van der Waals surface area (Å²) in [5.74, 6) is -0.579. The molecule has 0 saturated carbocycles. The molecule has 1 rings (SSSR count). The minimum atomic E-state index is -0.611. The third-order valence-electron chi connectivity index (χ3n) is 2.29. The second-order valence-corrected chi connectivity index (χ2v) is 4.22. The second kappa shape index (κ2) is 8.74. The summed E-state index contributed by atoms with van der Waals surface area (Å²) < 4.78 is 0. The first-order chi connectivity index (χ1) is 8.54. The summed E-state index contributed by atoms with van der Waals surface area (Å²) in [7, 11) is 0. The van der Waals surface area contributed by atoms with Crippen LogP contribution < -0.4 is 16.4 Å². The fourth-order valence-corrected chi connectivity index (χ4v) is 1.42. The van der Waals surface area contributed by atoms with Crippen LogP contribution in [0.1, 0.15) is 17.3 Å². The zero-order valence-electron chi connectivity index (χ0n) is 10.5. The minimum absolute atomic E-state index is 0. The van der Waals surface area contributed by atoms with Crippen molar-refractivity contribution in [3.8, 4) is 0 Å². The highest BCUT2D eigenvalue weighted by Crippen LogP contribution is 2.09. The first kappa shape index (κ1) is 17.7. The Morgan fingerprint density at radius 3 is 2.42 bits per heavy atom. The molecule has 5 nitrogen and oxygen atoms in total. The third-order valence-corrected chi connectivity index (χ3v) is 2.54. The van der Waals surface area contributed by atoms with E-state index in [1.165, 1.54) is 0 Å². The molecule has 2 amide bonds. The SMILES string of the molecule is CC(NC(=O)c1ccc(Cl)cc1)C(=O)NCCN.Cl. The number of carbonyl (C=O) groups is 2. The molecule has 1 atom stereocenters. The van der Waals surface area contributed by atoms with Gasteiger partial charge in [0.25, 0.3) is 5.91 Å². The zero-order chi connectivity index (χ0) is 13.5. The van der Waals surface area contributed by atoms with E-state index in [4.69, 9.17) is 17.3 Å². The van der Waals surface area contributed by atoms with Gasteiger partial charge in [-0.2, -0.15) is 0 Å². The van der Waals surface area contributed by atoms with Crippen molar-refractivity contribution in [2.45, 2.75) is 13.0 Å². The number of rotatable bonds is 5. The Kier molecular flexibility index (Phi) is 8.14. The van der Waals surface area contributed by atoms with E-state index < -0.39 is 6.04 Å². The highest BCUT2D eigenvalue weighted by atomic mass is 35.5. The predicted molar refractivity (Wildman–Crippen MR) is 77.7 cm³/mol. The average molecular weight is 306 g/mol. The zero-order valence-corrected chi connectivity index (χ0v) is 12.1. The number of hydrogen-bond acceptors (Lipinski definition) is 3. The lowest BCUT2D eigenvalue weighted by Gasteiger charge is -2.13. The molecule has 0 saturated heterocycles. The second-order valence-electron chi connectivity index (χ2n) is 3.78. The van der Waals surface area contributed by atoms with Gasteiger partial charge in [-0.05, 0) is 31.2 Å². The largest absolute Gasteiger partial charge is 0.353 e. The quantitative estimate of drug-likeness (QED) is 0.757. The van der Waals surface area contributed by atoms with E-state index in [1.54, 1.807) is 31.2 Å². The molecule has 1 aromatic rings. The van der Waals surface area contributed by atoms with Gasteiger partial charge in [0.1, 0.15) is 6.04 Å². The van der Waals surface area contributed by atoms with Gasteiger partial charge in [0.05, 0.1) is 0 Å². The van der Waals surface area contributed by atoms with Gasteiger partial charge >= 0.3 is 0 Å². The van der Waals surface area contributed by atoms with Gasteiger partial charge in [-0.1, -0.05) is 11.6 Å². The molecule has 0 aliphatic carbocycles. The first-order valence-corrected chi connectivity index (χ1v) is 5.96. The van der Waals surface area contributed by atoms with Gasteiger partial charge in [0.15, 0.2) is 0 Å². The fraction of sp³-hybridized carbons (Fsp3) is 0.333. The monoisotopic (exact) mass is 305 g/mol. The summed E-state index contributed by atoms with van der Waals surface area (Å²) >= 11 is 5.72. The molecule has 0 spiro atoms. The van der Waals surface area contributed by atoms with Crippen LogP contribution in [0.4, 0.5) is 0 Å². The molecule has 19 heavy (non-hydrogen) atoms. The van der Waals surface area contributed by atoms with Crippen molar-refractivity contribution in [2.24, 2.45) is 5.73 Å². The van der Waals surface area contributed by atoms with Gasteiger partial charge in [-0.15, -0.1) is 12.4 Å².